The lowest BCUT2D eigenvalue weighted by molar-refractivity contribution is -0.121. The highest BCUT2D eigenvalue weighted by molar-refractivity contribution is 5.75. The van der Waals surface area contributed by atoms with Gasteiger partial charge in [0.25, 0.3) is 0 Å². The zero-order valence-electron chi connectivity index (χ0n) is 14.6. The maximum absolute atomic E-state index is 12.2. The molecule has 3 rings (SSSR count). The average molecular weight is 322 g/mol. The minimum absolute atomic E-state index is 0.271. The first-order valence-corrected chi connectivity index (χ1v) is 9.84. The predicted octanol–water partition coefficient (Wildman–Crippen LogP) is 2.87. The largest absolute Gasteiger partial charge is 0.381 e. The summed E-state index contributed by atoms with van der Waals surface area (Å²) in [7, 11) is 0. The van der Waals surface area contributed by atoms with Gasteiger partial charge in [-0.3, -0.25) is 4.79 Å². The van der Waals surface area contributed by atoms with E-state index in [0.717, 1.165) is 45.2 Å². The number of rotatable bonds is 6. The van der Waals surface area contributed by atoms with Crippen LogP contribution in [0.3, 0.4) is 0 Å². The Morgan fingerprint density at radius 1 is 1.13 bits per heavy atom. The first kappa shape index (κ1) is 17.2. The summed E-state index contributed by atoms with van der Waals surface area (Å²) in [5.74, 6) is 1.77. The van der Waals surface area contributed by atoms with Crippen molar-refractivity contribution < 1.29 is 9.53 Å². The van der Waals surface area contributed by atoms with Gasteiger partial charge in [0.1, 0.15) is 0 Å². The van der Waals surface area contributed by atoms with Gasteiger partial charge in [-0.25, -0.2) is 0 Å². The van der Waals surface area contributed by atoms with Crippen LogP contribution in [0.4, 0.5) is 0 Å². The Balaban J connectivity index is 1.33. The van der Waals surface area contributed by atoms with Crippen LogP contribution in [0.15, 0.2) is 0 Å². The van der Waals surface area contributed by atoms with E-state index in [1.807, 2.05) is 0 Å². The summed E-state index contributed by atoms with van der Waals surface area (Å²) < 4.78 is 5.39. The van der Waals surface area contributed by atoms with Gasteiger partial charge in [-0.2, -0.15) is 0 Å². The van der Waals surface area contributed by atoms with Crippen molar-refractivity contribution in [2.75, 3.05) is 32.8 Å². The number of hydrogen-bond acceptors (Lipinski definition) is 3. The highest BCUT2D eigenvalue weighted by Crippen LogP contribution is 2.49. The van der Waals surface area contributed by atoms with E-state index in [4.69, 9.17) is 4.74 Å². The van der Waals surface area contributed by atoms with Crippen molar-refractivity contribution in [1.82, 2.24) is 10.6 Å². The van der Waals surface area contributed by atoms with Crippen LogP contribution in [0.1, 0.15) is 64.2 Å². The minimum atomic E-state index is 0.271. The van der Waals surface area contributed by atoms with Gasteiger partial charge in [-0.05, 0) is 81.7 Å². The molecule has 1 saturated carbocycles. The number of piperidine rings is 1. The van der Waals surface area contributed by atoms with Crippen molar-refractivity contribution in [3.8, 4) is 0 Å². The van der Waals surface area contributed by atoms with E-state index >= 15 is 0 Å². The van der Waals surface area contributed by atoms with Gasteiger partial charge in [0.2, 0.25) is 5.91 Å². The standard InChI is InChI=1S/C19H34N2O2/c22-18(5-1-3-16-6-13-23-14-7-16)21-15-17-4-2-8-19(17)9-11-20-12-10-19/h16-17,20H,1-15H2,(H,21,22). The van der Waals surface area contributed by atoms with E-state index < -0.39 is 0 Å². The Morgan fingerprint density at radius 2 is 1.91 bits per heavy atom. The molecule has 2 saturated heterocycles. The number of nitrogens with one attached hydrogen (secondary N) is 2. The van der Waals surface area contributed by atoms with Crippen molar-refractivity contribution in [1.29, 1.82) is 0 Å². The molecule has 132 valence electrons. The molecule has 0 aromatic carbocycles. The molecular weight excluding hydrogens is 288 g/mol. The van der Waals surface area contributed by atoms with Gasteiger partial charge in [-0.15, -0.1) is 0 Å². The zero-order chi connectivity index (χ0) is 16.0. The van der Waals surface area contributed by atoms with Crippen molar-refractivity contribution in [3.05, 3.63) is 0 Å². The van der Waals surface area contributed by atoms with E-state index in [2.05, 4.69) is 10.6 Å². The van der Waals surface area contributed by atoms with E-state index in [9.17, 15) is 4.79 Å². The topological polar surface area (TPSA) is 50.4 Å². The summed E-state index contributed by atoms with van der Waals surface area (Å²) in [5, 5.41) is 6.73. The molecule has 0 bridgehead atoms. The number of carbonyl (C=O) groups is 1. The maximum atomic E-state index is 12.2. The van der Waals surface area contributed by atoms with E-state index in [1.165, 1.54) is 51.4 Å². The molecule has 0 aromatic rings. The third-order valence-corrected chi connectivity index (χ3v) is 6.60. The van der Waals surface area contributed by atoms with E-state index in [1.54, 1.807) is 0 Å². The van der Waals surface area contributed by atoms with Crippen LogP contribution in [0.25, 0.3) is 0 Å². The molecule has 4 nitrogen and oxygen atoms in total. The number of ether oxygens (including phenoxy) is 1. The third kappa shape index (κ3) is 4.69. The lowest BCUT2D eigenvalue weighted by Crippen LogP contribution is -2.43. The molecule has 2 heterocycles. The van der Waals surface area contributed by atoms with Gasteiger partial charge < -0.3 is 15.4 Å². The van der Waals surface area contributed by atoms with Crippen molar-refractivity contribution in [2.45, 2.75) is 64.2 Å². The summed E-state index contributed by atoms with van der Waals surface area (Å²) in [6, 6.07) is 0. The Bertz CT molecular complexity index is 374. The predicted molar refractivity (Wildman–Crippen MR) is 92.3 cm³/mol. The monoisotopic (exact) mass is 322 g/mol. The molecule has 3 fully saturated rings. The molecule has 1 spiro atoms. The fourth-order valence-electron chi connectivity index (χ4n) is 5.02. The van der Waals surface area contributed by atoms with Crippen molar-refractivity contribution >= 4 is 5.91 Å². The fraction of sp³-hybridized carbons (Fsp3) is 0.947. The second-order valence-electron chi connectivity index (χ2n) is 7.95. The quantitative estimate of drug-likeness (QED) is 0.790. The summed E-state index contributed by atoms with van der Waals surface area (Å²) in [6.45, 7) is 5.06. The smallest absolute Gasteiger partial charge is 0.220 e. The normalized spacial score (nSPS) is 28.1. The molecule has 1 amide bonds. The molecular formula is C19H34N2O2. The molecule has 2 aliphatic heterocycles. The molecule has 4 heteroatoms. The first-order valence-electron chi connectivity index (χ1n) is 9.84. The van der Waals surface area contributed by atoms with E-state index in [-0.39, 0.29) is 5.91 Å². The van der Waals surface area contributed by atoms with Crippen LogP contribution in [-0.4, -0.2) is 38.8 Å². The zero-order valence-corrected chi connectivity index (χ0v) is 14.6. The summed E-state index contributed by atoms with van der Waals surface area (Å²) in [6.07, 6.45) is 11.9. The minimum Gasteiger partial charge on any atom is -0.381 e. The summed E-state index contributed by atoms with van der Waals surface area (Å²) in [5.41, 5.74) is 0.528. The first-order chi connectivity index (χ1) is 11.3. The van der Waals surface area contributed by atoms with Crippen LogP contribution in [0.5, 0.6) is 0 Å². The molecule has 1 unspecified atom stereocenters. The number of amides is 1. The molecule has 2 N–H and O–H groups in total. The van der Waals surface area contributed by atoms with Gasteiger partial charge in [-0.1, -0.05) is 6.42 Å². The van der Waals surface area contributed by atoms with Gasteiger partial charge >= 0.3 is 0 Å². The van der Waals surface area contributed by atoms with Crippen LogP contribution in [-0.2, 0) is 9.53 Å². The highest BCUT2D eigenvalue weighted by atomic mass is 16.5. The van der Waals surface area contributed by atoms with Gasteiger partial charge in [0.15, 0.2) is 0 Å². The fourth-order valence-corrected chi connectivity index (χ4v) is 5.02. The molecule has 1 atom stereocenters. The Labute approximate surface area is 141 Å². The lowest BCUT2D eigenvalue weighted by Gasteiger charge is -2.39. The van der Waals surface area contributed by atoms with Gasteiger partial charge in [0.05, 0.1) is 0 Å². The molecule has 1 aliphatic carbocycles. The van der Waals surface area contributed by atoms with Crippen molar-refractivity contribution in [2.24, 2.45) is 17.3 Å². The summed E-state index contributed by atoms with van der Waals surface area (Å²) in [4.78, 5) is 12.2. The Hall–Kier alpha value is -0.610. The van der Waals surface area contributed by atoms with Crippen LogP contribution >= 0.6 is 0 Å². The molecule has 3 aliphatic rings. The number of carbonyl (C=O) groups excluding carboxylic acids is 1. The average Bonchev–Trinajstić information content (AvgIpc) is 2.96. The van der Waals surface area contributed by atoms with Crippen molar-refractivity contribution in [3.63, 3.8) is 0 Å². The van der Waals surface area contributed by atoms with Gasteiger partial charge in [0, 0.05) is 26.2 Å². The maximum Gasteiger partial charge on any atom is 0.220 e. The number of hydrogen-bond donors (Lipinski definition) is 2. The van der Waals surface area contributed by atoms with Crippen LogP contribution in [0, 0.1) is 17.3 Å². The SMILES string of the molecule is O=C(CCCC1CCOCC1)NCC1CCCC12CCNCC2. The molecule has 0 radical (unpaired) electrons. The second-order valence-corrected chi connectivity index (χ2v) is 7.95. The van der Waals surface area contributed by atoms with Crippen LogP contribution in [0.2, 0.25) is 0 Å². The Kier molecular flexibility index (Phi) is 6.35. The highest BCUT2D eigenvalue weighted by Gasteiger charge is 2.42. The molecule has 23 heavy (non-hydrogen) atoms. The third-order valence-electron chi connectivity index (χ3n) is 6.60. The summed E-state index contributed by atoms with van der Waals surface area (Å²) >= 11 is 0. The van der Waals surface area contributed by atoms with E-state index in [0.29, 0.717) is 17.8 Å². The van der Waals surface area contributed by atoms with Crippen LogP contribution < -0.4 is 10.6 Å². The Morgan fingerprint density at radius 3 is 2.70 bits per heavy atom. The second kappa shape index (κ2) is 8.48. The molecule has 0 aromatic heterocycles. The lowest BCUT2D eigenvalue weighted by atomic mass is 9.71.